The van der Waals surface area contributed by atoms with Crippen LogP contribution in [0.15, 0.2) is 36.2 Å². The zero-order valence-electron chi connectivity index (χ0n) is 17.1. The van der Waals surface area contributed by atoms with Gasteiger partial charge in [-0.2, -0.15) is 0 Å². The van der Waals surface area contributed by atoms with Crippen molar-refractivity contribution in [1.29, 1.82) is 0 Å². The lowest BCUT2D eigenvalue weighted by molar-refractivity contribution is -0.105. The third-order valence-corrected chi connectivity index (χ3v) is 4.93. The monoisotopic (exact) mass is 378 g/mol. The first-order valence-corrected chi connectivity index (χ1v) is 10.3. The Morgan fingerprint density at radius 2 is 2.04 bits per heavy atom. The zero-order chi connectivity index (χ0) is 19.9. The molecule has 148 valence electrons. The number of unbranched alkanes of at least 4 members (excludes halogenated alkanes) is 1. The number of allylic oxidation sites excluding steroid dienone is 2. The van der Waals surface area contributed by atoms with Crippen molar-refractivity contribution < 1.29 is 4.79 Å². The van der Waals surface area contributed by atoms with Crippen molar-refractivity contribution in [3.63, 3.8) is 0 Å². The molecule has 0 saturated heterocycles. The Balaban J connectivity index is 0.000000684. The minimum atomic E-state index is 0.413. The van der Waals surface area contributed by atoms with Crippen LogP contribution in [0, 0.1) is 6.92 Å². The number of carbonyl (C=O) groups is 1. The molecule has 0 aromatic carbocycles. The molecule has 0 spiro atoms. The predicted molar refractivity (Wildman–Crippen MR) is 116 cm³/mol. The van der Waals surface area contributed by atoms with E-state index < -0.39 is 0 Å². The number of amides is 1. The molecule has 0 radical (unpaired) electrons. The standard InChI is InChI=1S/C20H24N4O.C3H6/c1-4-5-6-16-7-13(2)18(11-21-16)17-8-15-10-22-20(23-12-25)9-19(15)24-14(17)3;1-2-3-1/h7-12,16,21H,4-6H2,1-3H3,(H,22,23,25);1-3H2. The van der Waals surface area contributed by atoms with Gasteiger partial charge in [-0.15, -0.1) is 0 Å². The number of hydrogen-bond acceptors (Lipinski definition) is 4. The van der Waals surface area contributed by atoms with Gasteiger partial charge in [0.2, 0.25) is 6.41 Å². The Kier molecular flexibility index (Phi) is 6.80. The number of nitrogens with one attached hydrogen (secondary N) is 2. The van der Waals surface area contributed by atoms with Crippen molar-refractivity contribution >= 4 is 28.7 Å². The van der Waals surface area contributed by atoms with Crippen LogP contribution >= 0.6 is 0 Å². The van der Waals surface area contributed by atoms with E-state index >= 15 is 0 Å². The average molecular weight is 379 g/mol. The van der Waals surface area contributed by atoms with Gasteiger partial charge >= 0.3 is 0 Å². The number of fused-ring (bicyclic) bond motifs is 1. The minimum Gasteiger partial charge on any atom is -0.384 e. The first-order valence-electron chi connectivity index (χ1n) is 10.3. The molecule has 1 amide bonds. The van der Waals surface area contributed by atoms with Gasteiger partial charge in [-0.05, 0) is 31.9 Å². The van der Waals surface area contributed by atoms with E-state index in [1.807, 2.05) is 6.92 Å². The van der Waals surface area contributed by atoms with Gasteiger partial charge in [0.15, 0.2) is 0 Å². The minimum absolute atomic E-state index is 0.413. The second kappa shape index (κ2) is 9.49. The number of carbonyl (C=O) groups excluding carboxylic acids is 1. The Hall–Kier alpha value is -2.69. The molecule has 2 aliphatic rings. The summed E-state index contributed by atoms with van der Waals surface area (Å²) in [6.07, 6.45) is 14.9. The van der Waals surface area contributed by atoms with Crippen LogP contribution in [0.2, 0.25) is 0 Å². The topological polar surface area (TPSA) is 66.9 Å². The molecule has 3 heterocycles. The SMILES string of the molecule is C1CC1.CCCCC1C=C(C)C(c2cc3cnc(NC=O)cc3nc2C)=CN1. The highest BCUT2D eigenvalue weighted by atomic mass is 16.1. The fraction of sp³-hybridized carbons (Fsp3) is 0.435. The second-order valence-electron chi connectivity index (χ2n) is 7.53. The molecule has 1 aliphatic heterocycles. The number of anilines is 1. The quantitative estimate of drug-likeness (QED) is 0.684. The van der Waals surface area contributed by atoms with Crippen molar-refractivity contribution in [1.82, 2.24) is 15.3 Å². The number of aryl methyl sites for hydroxylation is 1. The van der Waals surface area contributed by atoms with Crippen LogP contribution in [0.5, 0.6) is 0 Å². The lowest BCUT2D eigenvalue weighted by atomic mass is 9.93. The van der Waals surface area contributed by atoms with Crippen molar-refractivity contribution in [3.05, 3.63) is 47.4 Å². The van der Waals surface area contributed by atoms with Gasteiger partial charge in [-0.1, -0.05) is 45.1 Å². The van der Waals surface area contributed by atoms with Gasteiger partial charge in [-0.3, -0.25) is 9.78 Å². The summed E-state index contributed by atoms with van der Waals surface area (Å²) in [7, 11) is 0. The van der Waals surface area contributed by atoms with Crippen molar-refractivity contribution in [2.45, 2.75) is 65.3 Å². The zero-order valence-corrected chi connectivity index (χ0v) is 17.1. The first-order chi connectivity index (χ1) is 13.6. The van der Waals surface area contributed by atoms with Crippen LogP contribution in [0.3, 0.4) is 0 Å². The maximum atomic E-state index is 10.6. The van der Waals surface area contributed by atoms with Gasteiger partial charge in [-0.25, -0.2) is 4.98 Å². The molecule has 1 unspecified atom stereocenters. The molecule has 2 aromatic heterocycles. The molecular formula is C23H30N4O. The molecule has 2 N–H and O–H groups in total. The molecule has 4 rings (SSSR count). The van der Waals surface area contributed by atoms with E-state index in [1.54, 1.807) is 12.3 Å². The second-order valence-corrected chi connectivity index (χ2v) is 7.53. The summed E-state index contributed by atoms with van der Waals surface area (Å²) in [5.74, 6) is 0.510. The van der Waals surface area contributed by atoms with Gasteiger partial charge in [0.25, 0.3) is 0 Å². The summed E-state index contributed by atoms with van der Waals surface area (Å²) in [6.45, 7) is 6.39. The Bertz CT molecular complexity index is 896. The maximum Gasteiger partial charge on any atom is 0.212 e. The molecule has 1 fully saturated rings. The van der Waals surface area contributed by atoms with Gasteiger partial charge in [0.05, 0.1) is 5.52 Å². The molecule has 1 atom stereocenters. The lowest BCUT2D eigenvalue weighted by Gasteiger charge is -2.23. The number of dihydropyridines is 1. The van der Waals surface area contributed by atoms with E-state index in [1.165, 1.54) is 43.3 Å². The van der Waals surface area contributed by atoms with E-state index in [2.05, 4.69) is 47.8 Å². The first kappa shape index (κ1) is 20.1. The van der Waals surface area contributed by atoms with Crippen molar-refractivity contribution in [3.8, 4) is 0 Å². The van der Waals surface area contributed by atoms with Crippen LogP contribution in [-0.2, 0) is 4.79 Å². The van der Waals surface area contributed by atoms with E-state index in [4.69, 9.17) is 4.98 Å². The smallest absolute Gasteiger partial charge is 0.212 e. The highest BCUT2D eigenvalue weighted by Crippen LogP contribution is 2.30. The van der Waals surface area contributed by atoms with Crippen molar-refractivity contribution in [2.75, 3.05) is 5.32 Å². The van der Waals surface area contributed by atoms with Crippen LogP contribution < -0.4 is 10.6 Å². The lowest BCUT2D eigenvalue weighted by Crippen LogP contribution is -2.25. The molecule has 28 heavy (non-hydrogen) atoms. The highest BCUT2D eigenvalue weighted by Gasteiger charge is 2.16. The van der Waals surface area contributed by atoms with E-state index in [0.29, 0.717) is 18.3 Å². The molecule has 5 nitrogen and oxygen atoms in total. The van der Waals surface area contributed by atoms with Crippen molar-refractivity contribution in [2.24, 2.45) is 0 Å². The molecular weight excluding hydrogens is 348 g/mol. The Labute approximate surface area is 167 Å². The van der Waals surface area contributed by atoms with E-state index in [-0.39, 0.29) is 0 Å². The number of rotatable bonds is 6. The number of pyridine rings is 2. The predicted octanol–water partition coefficient (Wildman–Crippen LogP) is 5.13. The Morgan fingerprint density at radius 3 is 2.68 bits per heavy atom. The van der Waals surface area contributed by atoms with Gasteiger partial charge in [0.1, 0.15) is 5.82 Å². The summed E-state index contributed by atoms with van der Waals surface area (Å²) in [6, 6.07) is 4.32. The molecule has 1 aliphatic carbocycles. The highest BCUT2D eigenvalue weighted by molar-refractivity contribution is 5.89. The van der Waals surface area contributed by atoms with Crippen LogP contribution in [0.4, 0.5) is 5.82 Å². The third-order valence-electron chi connectivity index (χ3n) is 4.93. The molecule has 2 aromatic rings. The average Bonchev–Trinajstić information content (AvgIpc) is 3.56. The van der Waals surface area contributed by atoms with Gasteiger partial charge < -0.3 is 10.6 Å². The van der Waals surface area contributed by atoms with E-state index in [0.717, 1.165) is 28.6 Å². The van der Waals surface area contributed by atoms with E-state index in [9.17, 15) is 4.79 Å². The Morgan fingerprint density at radius 1 is 1.25 bits per heavy atom. The van der Waals surface area contributed by atoms with Crippen LogP contribution in [0.1, 0.15) is 63.6 Å². The number of aromatic nitrogens is 2. The normalized spacial score (nSPS) is 17.6. The summed E-state index contributed by atoms with van der Waals surface area (Å²) < 4.78 is 0. The number of nitrogens with zero attached hydrogens (tertiary/aromatic N) is 2. The molecule has 1 saturated carbocycles. The largest absolute Gasteiger partial charge is 0.384 e. The van der Waals surface area contributed by atoms with Crippen LogP contribution in [0.25, 0.3) is 16.5 Å². The summed E-state index contributed by atoms with van der Waals surface area (Å²) in [4.78, 5) is 19.5. The molecule has 0 bridgehead atoms. The third kappa shape index (κ3) is 5.18. The fourth-order valence-corrected chi connectivity index (χ4v) is 3.20. The fourth-order valence-electron chi connectivity index (χ4n) is 3.20. The van der Waals surface area contributed by atoms with Crippen LogP contribution in [-0.4, -0.2) is 22.4 Å². The number of hydrogen-bond donors (Lipinski definition) is 2. The summed E-state index contributed by atoms with van der Waals surface area (Å²) in [5, 5.41) is 7.02. The molecule has 5 heteroatoms. The maximum absolute atomic E-state index is 10.6. The summed E-state index contributed by atoms with van der Waals surface area (Å²) in [5.41, 5.74) is 5.35. The van der Waals surface area contributed by atoms with Gasteiger partial charge in [0, 0.05) is 46.7 Å². The summed E-state index contributed by atoms with van der Waals surface area (Å²) >= 11 is 0.